The lowest BCUT2D eigenvalue weighted by molar-refractivity contribution is -0.142. The molecule has 1 aromatic rings. The zero-order valence-electron chi connectivity index (χ0n) is 10.1. The van der Waals surface area contributed by atoms with Gasteiger partial charge in [-0.1, -0.05) is 48.6 Å². The zero-order valence-corrected chi connectivity index (χ0v) is 10.1. The molecule has 0 aromatic heterocycles. The van der Waals surface area contributed by atoms with E-state index < -0.39 is 12.7 Å². The predicted octanol–water partition coefficient (Wildman–Crippen LogP) is 2.39. The van der Waals surface area contributed by atoms with Crippen molar-refractivity contribution in [3.8, 4) is 0 Å². The molecule has 0 N–H and O–H groups in total. The second kappa shape index (κ2) is 4.14. The summed E-state index contributed by atoms with van der Waals surface area (Å²) in [6.45, 7) is 1.75. The molecule has 1 unspecified atom stereocenters. The molecule has 1 heterocycles. The van der Waals surface area contributed by atoms with E-state index in [0.29, 0.717) is 0 Å². The highest BCUT2D eigenvalue weighted by atomic mass is 16.7. The van der Waals surface area contributed by atoms with E-state index in [0.717, 1.165) is 17.5 Å². The van der Waals surface area contributed by atoms with E-state index in [-0.39, 0.29) is 5.97 Å². The van der Waals surface area contributed by atoms with Gasteiger partial charge in [0.25, 0.3) is 0 Å². The van der Waals surface area contributed by atoms with Crippen LogP contribution in [0.5, 0.6) is 0 Å². The summed E-state index contributed by atoms with van der Waals surface area (Å²) in [4.78, 5) is 12.1. The van der Waals surface area contributed by atoms with Crippen molar-refractivity contribution in [1.29, 1.82) is 0 Å². The van der Waals surface area contributed by atoms with Crippen LogP contribution in [0, 0.1) is 0 Å². The van der Waals surface area contributed by atoms with Gasteiger partial charge in [-0.3, -0.25) is 4.79 Å². The molecule has 0 saturated carbocycles. The second-order valence-electron chi connectivity index (χ2n) is 4.60. The van der Waals surface area contributed by atoms with Crippen molar-refractivity contribution in [2.75, 3.05) is 0 Å². The van der Waals surface area contributed by atoms with Gasteiger partial charge < -0.3 is 9.31 Å². The van der Waals surface area contributed by atoms with Gasteiger partial charge in [-0.05, 0) is 24.4 Å². The van der Waals surface area contributed by atoms with Crippen LogP contribution in [0.1, 0.15) is 18.9 Å². The second-order valence-corrected chi connectivity index (χ2v) is 4.60. The Kier molecular flexibility index (Phi) is 2.60. The molecule has 1 aliphatic carbocycles. The average molecular weight is 240 g/mol. The highest BCUT2D eigenvalue weighted by Crippen LogP contribution is 2.35. The number of hydrogen-bond donors (Lipinski definition) is 0. The van der Waals surface area contributed by atoms with Crippen molar-refractivity contribution in [3.05, 3.63) is 59.6 Å². The maximum absolute atomic E-state index is 12.1. The standard InChI is InChI=1S/C14H13BO3/c1-14(11-7-3-2-4-8-11)13(16)17-15(18-14)12-9-5-6-10-12/h2-5,7-10H,6H2,1H3. The highest BCUT2D eigenvalue weighted by Gasteiger charge is 2.51. The van der Waals surface area contributed by atoms with Crippen LogP contribution < -0.4 is 0 Å². The molecule has 2 aliphatic rings. The Morgan fingerprint density at radius 1 is 1.28 bits per heavy atom. The van der Waals surface area contributed by atoms with E-state index in [1.807, 2.05) is 48.6 Å². The van der Waals surface area contributed by atoms with Gasteiger partial charge in [-0.2, -0.15) is 0 Å². The number of allylic oxidation sites excluding steroid dienone is 4. The molecular formula is C14H13BO3. The summed E-state index contributed by atoms with van der Waals surface area (Å²) in [5.74, 6) is -0.333. The molecule has 1 atom stereocenters. The number of carbonyl (C=O) groups is 1. The highest BCUT2D eigenvalue weighted by molar-refractivity contribution is 6.58. The molecule has 0 amide bonds. The van der Waals surface area contributed by atoms with Gasteiger partial charge in [-0.15, -0.1) is 0 Å². The normalized spacial score (nSPS) is 26.4. The number of rotatable bonds is 2. The van der Waals surface area contributed by atoms with Crippen molar-refractivity contribution in [2.45, 2.75) is 18.9 Å². The fourth-order valence-corrected chi connectivity index (χ4v) is 2.23. The first-order valence-corrected chi connectivity index (χ1v) is 6.01. The van der Waals surface area contributed by atoms with Gasteiger partial charge in [0.1, 0.15) is 0 Å². The Morgan fingerprint density at radius 2 is 2.06 bits per heavy atom. The molecule has 3 nitrogen and oxygen atoms in total. The van der Waals surface area contributed by atoms with Crippen LogP contribution in [0.25, 0.3) is 0 Å². The first-order chi connectivity index (χ1) is 8.70. The van der Waals surface area contributed by atoms with E-state index >= 15 is 0 Å². The van der Waals surface area contributed by atoms with Crippen LogP contribution in [0.15, 0.2) is 54.0 Å². The summed E-state index contributed by atoms with van der Waals surface area (Å²) in [5.41, 5.74) is 0.728. The van der Waals surface area contributed by atoms with Crippen molar-refractivity contribution < 1.29 is 14.1 Å². The fourth-order valence-electron chi connectivity index (χ4n) is 2.23. The van der Waals surface area contributed by atoms with Crippen molar-refractivity contribution in [1.82, 2.24) is 0 Å². The molecule has 1 aliphatic heterocycles. The lowest BCUT2D eigenvalue weighted by Gasteiger charge is -2.20. The molecule has 90 valence electrons. The fraction of sp³-hybridized carbons (Fsp3) is 0.214. The monoisotopic (exact) mass is 240 g/mol. The van der Waals surface area contributed by atoms with Crippen LogP contribution in [0.4, 0.5) is 0 Å². The third-order valence-corrected chi connectivity index (χ3v) is 3.34. The molecular weight excluding hydrogens is 227 g/mol. The minimum Gasteiger partial charge on any atom is -0.503 e. The Hall–Kier alpha value is -1.81. The summed E-state index contributed by atoms with van der Waals surface area (Å²) in [6.07, 6.45) is 6.84. The summed E-state index contributed by atoms with van der Waals surface area (Å²) in [5, 5.41) is 0. The van der Waals surface area contributed by atoms with E-state index in [1.165, 1.54) is 0 Å². The molecule has 4 heteroatoms. The van der Waals surface area contributed by atoms with E-state index in [9.17, 15) is 4.79 Å². The van der Waals surface area contributed by atoms with Crippen molar-refractivity contribution in [3.63, 3.8) is 0 Å². The van der Waals surface area contributed by atoms with Gasteiger partial charge in [0.15, 0.2) is 5.60 Å². The number of benzene rings is 1. The molecule has 0 radical (unpaired) electrons. The molecule has 0 bridgehead atoms. The molecule has 18 heavy (non-hydrogen) atoms. The minimum absolute atomic E-state index is 0.333. The summed E-state index contributed by atoms with van der Waals surface area (Å²) >= 11 is 0. The Bertz CT molecular complexity index is 535. The van der Waals surface area contributed by atoms with Crippen LogP contribution in [-0.2, 0) is 19.7 Å². The molecule has 3 rings (SSSR count). The van der Waals surface area contributed by atoms with Gasteiger partial charge in [0.05, 0.1) is 0 Å². The lowest BCUT2D eigenvalue weighted by atomic mass is 9.79. The Balaban J connectivity index is 1.90. The van der Waals surface area contributed by atoms with Crippen molar-refractivity contribution >= 4 is 13.1 Å². The van der Waals surface area contributed by atoms with Gasteiger partial charge in [-0.25, -0.2) is 0 Å². The molecule has 1 fully saturated rings. The van der Waals surface area contributed by atoms with Crippen molar-refractivity contribution in [2.24, 2.45) is 0 Å². The molecule has 0 spiro atoms. The third-order valence-electron chi connectivity index (χ3n) is 3.34. The van der Waals surface area contributed by atoms with Crippen LogP contribution in [0.3, 0.4) is 0 Å². The molecule has 1 saturated heterocycles. The molecule has 1 aromatic carbocycles. The Labute approximate surface area is 106 Å². The first kappa shape index (κ1) is 11.3. The average Bonchev–Trinajstić information content (AvgIpc) is 3.00. The van der Waals surface area contributed by atoms with Gasteiger partial charge in [0.2, 0.25) is 0 Å². The summed E-state index contributed by atoms with van der Waals surface area (Å²) in [6, 6.07) is 9.44. The number of carbonyl (C=O) groups excluding carboxylic acids is 1. The minimum atomic E-state index is -1.01. The summed E-state index contributed by atoms with van der Waals surface area (Å²) < 4.78 is 11.2. The van der Waals surface area contributed by atoms with Crippen LogP contribution >= 0.6 is 0 Å². The van der Waals surface area contributed by atoms with E-state index in [4.69, 9.17) is 9.31 Å². The topological polar surface area (TPSA) is 35.5 Å². The first-order valence-electron chi connectivity index (χ1n) is 6.01. The van der Waals surface area contributed by atoms with Crippen LogP contribution in [-0.4, -0.2) is 13.1 Å². The van der Waals surface area contributed by atoms with Crippen LogP contribution in [0.2, 0.25) is 0 Å². The lowest BCUT2D eigenvalue weighted by Crippen LogP contribution is -2.30. The summed E-state index contributed by atoms with van der Waals surface area (Å²) in [7, 11) is -0.582. The smallest absolute Gasteiger partial charge is 0.503 e. The Morgan fingerprint density at radius 3 is 2.72 bits per heavy atom. The number of hydrogen-bond acceptors (Lipinski definition) is 3. The maximum Gasteiger partial charge on any atom is 0.565 e. The van der Waals surface area contributed by atoms with E-state index in [2.05, 4.69) is 0 Å². The quantitative estimate of drug-likeness (QED) is 0.744. The third kappa shape index (κ3) is 1.69. The van der Waals surface area contributed by atoms with E-state index in [1.54, 1.807) is 6.92 Å². The SMILES string of the molecule is CC1(c2ccccc2)OB(C2=CCC=C2)OC1=O. The maximum atomic E-state index is 12.1. The zero-order chi connectivity index (χ0) is 12.6. The predicted molar refractivity (Wildman–Crippen MR) is 68.6 cm³/mol. The largest absolute Gasteiger partial charge is 0.565 e. The van der Waals surface area contributed by atoms with Gasteiger partial charge >= 0.3 is 13.1 Å². The van der Waals surface area contributed by atoms with Gasteiger partial charge in [0, 0.05) is 0 Å².